The van der Waals surface area contributed by atoms with Gasteiger partial charge in [-0.15, -0.1) is 0 Å². The zero-order valence-corrected chi connectivity index (χ0v) is 32.0. The maximum atomic E-state index is 7.19. The van der Waals surface area contributed by atoms with Crippen LogP contribution in [0.5, 0.6) is 23.0 Å². The third kappa shape index (κ3) is 6.90. The van der Waals surface area contributed by atoms with Crippen molar-refractivity contribution >= 4 is 46.0 Å². The Kier molecular flexibility index (Phi) is 9.50. The molecule has 58 heavy (non-hydrogen) atoms. The summed E-state index contributed by atoms with van der Waals surface area (Å²) in [5, 5.41) is 3.39. The molecule has 0 radical (unpaired) electrons. The van der Waals surface area contributed by atoms with E-state index >= 15 is 0 Å². The maximum Gasteiger partial charge on any atom is 0.260 e. The van der Waals surface area contributed by atoms with Crippen LogP contribution in [0.2, 0.25) is 0 Å². The molecule has 2 aliphatic heterocycles. The topological polar surface area (TPSA) is 30.5 Å². The zero-order valence-electron chi connectivity index (χ0n) is 32.0. The lowest BCUT2D eigenvalue weighted by molar-refractivity contribution is 0.466. The number of rotatable bonds is 9. The van der Waals surface area contributed by atoms with Gasteiger partial charge in [-0.1, -0.05) is 170 Å². The van der Waals surface area contributed by atoms with Gasteiger partial charge >= 0.3 is 0 Å². The number of para-hydroxylation sites is 1. The summed E-state index contributed by atoms with van der Waals surface area (Å²) in [5.74, 6) is 3.40. The highest BCUT2D eigenvalue weighted by Gasteiger charge is 2.43. The van der Waals surface area contributed by atoms with E-state index in [1.165, 1.54) is 5.57 Å². The first kappa shape index (κ1) is 35.1. The van der Waals surface area contributed by atoms with Crippen molar-refractivity contribution in [2.45, 2.75) is 12.8 Å². The van der Waals surface area contributed by atoms with E-state index < -0.39 is 0 Å². The Morgan fingerprint density at radius 2 is 1.21 bits per heavy atom. The highest BCUT2D eigenvalue weighted by molar-refractivity contribution is 6.98. The van der Waals surface area contributed by atoms with Gasteiger partial charge in [-0.05, 0) is 99.1 Å². The molecule has 10 rings (SSSR count). The Hall–Kier alpha value is -7.30. The van der Waals surface area contributed by atoms with E-state index in [9.17, 15) is 0 Å². The molecular weight excluding hydrogens is 705 g/mol. The molecule has 0 spiro atoms. The molecule has 4 heteroatoms. The fourth-order valence-electron chi connectivity index (χ4n) is 8.25. The summed E-state index contributed by atoms with van der Waals surface area (Å²) in [4.78, 5) is 0. The van der Waals surface area contributed by atoms with Crippen molar-refractivity contribution in [3.63, 3.8) is 0 Å². The quantitative estimate of drug-likeness (QED) is 0.118. The first-order valence-corrected chi connectivity index (χ1v) is 20.0. The van der Waals surface area contributed by atoms with E-state index in [0.717, 1.165) is 102 Å². The van der Waals surface area contributed by atoms with Gasteiger partial charge in [-0.25, -0.2) is 0 Å². The lowest BCUT2D eigenvalue weighted by Crippen LogP contribution is -2.57. The third-order valence-corrected chi connectivity index (χ3v) is 11.1. The number of nitrogens with one attached hydrogen (secondary N) is 1. The van der Waals surface area contributed by atoms with Crippen LogP contribution in [0.4, 0.5) is 5.69 Å². The second-order valence-corrected chi connectivity index (χ2v) is 14.8. The lowest BCUT2D eigenvalue weighted by Gasteiger charge is -2.36. The molecule has 2 heterocycles. The van der Waals surface area contributed by atoms with E-state index in [-0.39, 0.29) is 6.71 Å². The second kappa shape index (κ2) is 15.7. The Labute approximate surface area is 340 Å². The molecule has 0 unspecified atom stereocenters. The minimum atomic E-state index is -0.107. The smallest absolute Gasteiger partial charge is 0.260 e. The van der Waals surface area contributed by atoms with Gasteiger partial charge in [0.1, 0.15) is 23.0 Å². The van der Waals surface area contributed by atoms with Crippen LogP contribution in [-0.2, 0) is 0 Å². The van der Waals surface area contributed by atoms with Crippen molar-refractivity contribution < 1.29 is 9.47 Å². The van der Waals surface area contributed by atoms with Gasteiger partial charge in [0.15, 0.2) is 0 Å². The first-order valence-electron chi connectivity index (χ1n) is 20.0. The van der Waals surface area contributed by atoms with Crippen LogP contribution < -0.4 is 31.2 Å². The van der Waals surface area contributed by atoms with Gasteiger partial charge in [-0.3, -0.25) is 0 Å². The minimum Gasteiger partial charge on any atom is -0.458 e. The molecule has 276 valence electrons. The molecule has 0 fully saturated rings. The Bertz CT molecular complexity index is 2780. The fraction of sp³-hybridized carbons (Fsp3) is 0.0370. The SMILES string of the molecule is C1=CC(c2ccc3c(c2)Oc2c(-c4ccccc4)cc(-c4ccccc4)c4c2B3c2ccc(C(/C=C\c3ccccc3)=C/C=C/Nc3ccccc3)cc2O4)=CCC1. The lowest BCUT2D eigenvalue weighted by atomic mass is 9.34. The number of fused-ring (bicyclic) bond motifs is 4. The van der Waals surface area contributed by atoms with Crippen molar-refractivity contribution in [3.8, 4) is 45.3 Å². The van der Waals surface area contributed by atoms with Crippen LogP contribution in [0.1, 0.15) is 29.5 Å². The number of benzene rings is 7. The number of hydrogen-bond donors (Lipinski definition) is 1. The first-order chi connectivity index (χ1) is 28.8. The predicted octanol–water partition coefficient (Wildman–Crippen LogP) is 12.2. The molecule has 0 atom stereocenters. The van der Waals surface area contributed by atoms with E-state index in [1.807, 2.05) is 30.5 Å². The number of ether oxygens (including phenoxy) is 2. The third-order valence-electron chi connectivity index (χ3n) is 11.1. The van der Waals surface area contributed by atoms with Gasteiger partial charge in [0.05, 0.1) is 0 Å². The highest BCUT2D eigenvalue weighted by Crippen LogP contribution is 2.46. The number of anilines is 1. The van der Waals surface area contributed by atoms with Crippen LogP contribution >= 0.6 is 0 Å². The molecule has 3 aliphatic rings. The summed E-state index contributed by atoms with van der Waals surface area (Å²) < 4.78 is 14.3. The Morgan fingerprint density at radius 1 is 0.586 bits per heavy atom. The van der Waals surface area contributed by atoms with Crippen molar-refractivity contribution in [1.82, 2.24) is 0 Å². The Morgan fingerprint density at radius 3 is 1.86 bits per heavy atom. The number of hydrogen-bond acceptors (Lipinski definition) is 3. The standard InChI is InChI=1S/C54H40BNO2/c1-6-17-38(18-7-1)28-29-40(25-16-34-56-45-26-14-5-15-27-45)44-31-33-49-51(36-44)58-54-47(42-23-12-4-13-24-42)37-46(41-21-10-3-11-22-41)53-52(54)55(49)48-32-30-43(35-50(48)57-53)39-19-8-2-9-20-39/h1,3-8,10-37,56H,2,9H2/b29-28-,34-16+,40-25+. The molecule has 1 aliphatic carbocycles. The molecule has 0 aromatic heterocycles. The van der Waals surface area contributed by atoms with Crippen LogP contribution in [0.15, 0.2) is 206 Å². The molecule has 0 bridgehead atoms. The molecular formula is C54H40BNO2. The van der Waals surface area contributed by atoms with E-state index in [1.54, 1.807) is 0 Å². The molecule has 3 nitrogen and oxygen atoms in total. The van der Waals surface area contributed by atoms with E-state index in [2.05, 4.69) is 187 Å². The van der Waals surface area contributed by atoms with Gasteiger partial charge in [0.2, 0.25) is 0 Å². The maximum absolute atomic E-state index is 7.19. The molecule has 7 aromatic carbocycles. The average Bonchev–Trinajstić information content (AvgIpc) is 3.30. The molecule has 0 saturated carbocycles. The molecule has 0 saturated heterocycles. The van der Waals surface area contributed by atoms with E-state index in [4.69, 9.17) is 9.47 Å². The van der Waals surface area contributed by atoms with Gasteiger partial charge in [0.25, 0.3) is 6.71 Å². The molecule has 1 N–H and O–H groups in total. The minimum absolute atomic E-state index is 0.107. The van der Waals surface area contributed by atoms with Crippen LogP contribution in [0.25, 0.3) is 39.5 Å². The Balaban J connectivity index is 1.14. The molecule has 7 aromatic rings. The molecule has 0 amide bonds. The summed E-state index contributed by atoms with van der Waals surface area (Å²) in [6.07, 6.45) is 19.5. The largest absolute Gasteiger partial charge is 0.458 e. The van der Waals surface area contributed by atoms with E-state index in [0.29, 0.717) is 0 Å². The predicted molar refractivity (Wildman–Crippen MR) is 244 cm³/mol. The van der Waals surface area contributed by atoms with Crippen LogP contribution in [-0.4, -0.2) is 6.71 Å². The summed E-state index contributed by atoms with van der Waals surface area (Å²) >= 11 is 0. The van der Waals surface area contributed by atoms with Crippen molar-refractivity contribution in [1.29, 1.82) is 0 Å². The summed E-state index contributed by atoms with van der Waals surface area (Å²) in [6, 6.07) is 57.5. The highest BCUT2D eigenvalue weighted by atomic mass is 16.5. The van der Waals surface area contributed by atoms with Crippen molar-refractivity contribution in [2.24, 2.45) is 0 Å². The normalized spacial score (nSPS) is 14.0. The van der Waals surface area contributed by atoms with Gasteiger partial charge in [0, 0.05) is 28.5 Å². The van der Waals surface area contributed by atoms with Crippen molar-refractivity contribution in [3.05, 3.63) is 223 Å². The van der Waals surface area contributed by atoms with Crippen LogP contribution in [0.3, 0.4) is 0 Å². The van der Waals surface area contributed by atoms with Crippen LogP contribution in [0, 0.1) is 0 Å². The monoisotopic (exact) mass is 745 g/mol. The zero-order chi connectivity index (χ0) is 38.7. The summed E-state index contributed by atoms with van der Waals surface area (Å²) in [6.45, 7) is -0.107. The summed E-state index contributed by atoms with van der Waals surface area (Å²) in [7, 11) is 0. The average molecular weight is 746 g/mol. The summed E-state index contributed by atoms with van der Waals surface area (Å²) in [5.41, 5.74) is 14.3. The second-order valence-electron chi connectivity index (χ2n) is 14.8. The van der Waals surface area contributed by atoms with Gasteiger partial charge < -0.3 is 14.8 Å². The number of allylic oxidation sites excluding steroid dienone is 8. The van der Waals surface area contributed by atoms with Crippen molar-refractivity contribution in [2.75, 3.05) is 5.32 Å². The van der Waals surface area contributed by atoms with Gasteiger partial charge in [-0.2, -0.15) is 0 Å². The fourth-order valence-corrected chi connectivity index (χ4v) is 8.25.